The zero-order chi connectivity index (χ0) is 17.3. The Morgan fingerprint density at radius 2 is 1.65 bits per heavy atom. The van der Waals surface area contributed by atoms with Gasteiger partial charge < -0.3 is 10.6 Å². The predicted octanol–water partition coefficient (Wildman–Crippen LogP) is 3.53. The van der Waals surface area contributed by atoms with Crippen LogP contribution in [0.2, 0.25) is 0 Å². The first kappa shape index (κ1) is 19.6. The van der Waals surface area contributed by atoms with Crippen molar-refractivity contribution in [2.45, 2.75) is 51.9 Å². The van der Waals surface area contributed by atoms with E-state index in [0.29, 0.717) is 13.0 Å². The Hall–Kier alpha value is -1.49. The Morgan fingerprint density at radius 1 is 1.00 bits per heavy atom. The number of unbranched alkanes of at least 4 members (excludes halogenated alkanes) is 2. The fourth-order valence-corrected chi connectivity index (χ4v) is 2.26. The molecule has 5 heteroatoms. The molecule has 0 aliphatic rings. The van der Waals surface area contributed by atoms with Crippen molar-refractivity contribution in [3.8, 4) is 0 Å². The average molecular weight is 337 g/mol. The molecular formula is C18H28N2O2S. The first-order valence-electron chi connectivity index (χ1n) is 8.11. The summed E-state index contributed by atoms with van der Waals surface area (Å²) in [5.41, 5.74) is 2.20. The van der Waals surface area contributed by atoms with E-state index < -0.39 is 0 Å². The van der Waals surface area contributed by atoms with Gasteiger partial charge in [0.2, 0.25) is 11.8 Å². The lowest BCUT2D eigenvalue weighted by atomic mass is 9.87. The average Bonchev–Trinajstić information content (AvgIpc) is 2.50. The summed E-state index contributed by atoms with van der Waals surface area (Å²) in [5.74, 6) is 0.203. The molecule has 1 rings (SSSR count). The predicted molar refractivity (Wildman–Crippen MR) is 99.1 cm³/mol. The monoisotopic (exact) mass is 336 g/mol. The van der Waals surface area contributed by atoms with E-state index in [-0.39, 0.29) is 23.0 Å². The first-order chi connectivity index (χ1) is 10.8. The van der Waals surface area contributed by atoms with E-state index in [0.717, 1.165) is 24.9 Å². The summed E-state index contributed by atoms with van der Waals surface area (Å²) in [6.07, 6.45) is 3.13. The van der Waals surface area contributed by atoms with Gasteiger partial charge in [0, 0.05) is 18.7 Å². The lowest BCUT2D eigenvalue weighted by Gasteiger charge is -2.19. The summed E-state index contributed by atoms with van der Waals surface area (Å²) >= 11 is 3.89. The van der Waals surface area contributed by atoms with E-state index in [9.17, 15) is 9.59 Å². The van der Waals surface area contributed by atoms with E-state index in [4.69, 9.17) is 0 Å². The molecule has 2 N–H and O–H groups in total. The maximum absolute atomic E-state index is 11.9. The Morgan fingerprint density at radius 3 is 2.22 bits per heavy atom. The zero-order valence-electron chi connectivity index (χ0n) is 14.3. The lowest BCUT2D eigenvalue weighted by Crippen LogP contribution is -2.25. The van der Waals surface area contributed by atoms with Crippen LogP contribution in [0.4, 0.5) is 5.69 Å². The van der Waals surface area contributed by atoms with Crippen molar-refractivity contribution in [3.05, 3.63) is 29.8 Å². The van der Waals surface area contributed by atoms with E-state index >= 15 is 0 Å². The normalized spacial score (nSPS) is 11.1. The molecule has 0 radical (unpaired) electrons. The highest BCUT2D eigenvalue weighted by molar-refractivity contribution is 7.81. The standard InChI is InChI=1S/C18H28N2O2S/c1-18(2,3)14-8-10-15(11-9-14)20-16(21)7-5-4-6-12-19-17(22)13-23/h8-11,23H,4-7,12-13H2,1-3H3,(H,19,22)(H,20,21). The topological polar surface area (TPSA) is 58.2 Å². The van der Waals surface area contributed by atoms with Gasteiger partial charge in [0.15, 0.2) is 0 Å². The summed E-state index contributed by atoms with van der Waals surface area (Å²) in [6.45, 7) is 7.15. The van der Waals surface area contributed by atoms with Crippen molar-refractivity contribution < 1.29 is 9.59 Å². The van der Waals surface area contributed by atoms with Crippen molar-refractivity contribution in [1.29, 1.82) is 0 Å². The van der Waals surface area contributed by atoms with Gasteiger partial charge in [0.25, 0.3) is 0 Å². The zero-order valence-corrected chi connectivity index (χ0v) is 15.2. The van der Waals surface area contributed by atoms with Gasteiger partial charge in [-0.1, -0.05) is 39.3 Å². The molecule has 0 aliphatic heterocycles. The highest BCUT2D eigenvalue weighted by Gasteiger charge is 2.13. The number of benzene rings is 1. The molecule has 0 saturated carbocycles. The molecule has 0 spiro atoms. The number of hydrogen-bond acceptors (Lipinski definition) is 3. The van der Waals surface area contributed by atoms with Crippen LogP contribution < -0.4 is 10.6 Å². The fourth-order valence-electron chi connectivity index (χ4n) is 2.15. The van der Waals surface area contributed by atoms with Crippen LogP contribution in [-0.2, 0) is 15.0 Å². The van der Waals surface area contributed by atoms with Crippen LogP contribution in [0.3, 0.4) is 0 Å². The molecule has 0 atom stereocenters. The molecule has 0 saturated heterocycles. The van der Waals surface area contributed by atoms with Crippen molar-refractivity contribution >= 4 is 30.1 Å². The molecule has 128 valence electrons. The quantitative estimate of drug-likeness (QED) is 0.502. The summed E-state index contributed by atoms with van der Waals surface area (Å²) in [4.78, 5) is 22.9. The summed E-state index contributed by atoms with van der Waals surface area (Å²) < 4.78 is 0. The van der Waals surface area contributed by atoms with Crippen LogP contribution in [0.15, 0.2) is 24.3 Å². The number of nitrogens with one attached hydrogen (secondary N) is 2. The maximum Gasteiger partial charge on any atom is 0.229 e. The molecule has 0 unspecified atom stereocenters. The first-order valence-corrected chi connectivity index (χ1v) is 8.74. The number of rotatable bonds is 8. The second-order valence-electron chi connectivity index (χ2n) is 6.69. The molecule has 0 aliphatic carbocycles. The highest BCUT2D eigenvalue weighted by atomic mass is 32.1. The van der Waals surface area contributed by atoms with Gasteiger partial charge in [0.05, 0.1) is 5.75 Å². The minimum atomic E-state index is -0.0511. The number of carbonyl (C=O) groups is 2. The maximum atomic E-state index is 11.9. The van der Waals surface area contributed by atoms with Gasteiger partial charge in [-0.15, -0.1) is 0 Å². The number of hydrogen-bond donors (Lipinski definition) is 3. The van der Waals surface area contributed by atoms with Crippen molar-refractivity contribution in [3.63, 3.8) is 0 Å². The number of thiol groups is 1. The van der Waals surface area contributed by atoms with Crippen LogP contribution in [0.5, 0.6) is 0 Å². The Labute approximate surface area is 144 Å². The Kier molecular flexibility index (Phi) is 8.17. The van der Waals surface area contributed by atoms with E-state index in [1.165, 1.54) is 5.56 Å². The SMILES string of the molecule is CC(C)(C)c1ccc(NC(=O)CCCCCNC(=O)CS)cc1. The van der Waals surface area contributed by atoms with Gasteiger partial charge in [-0.05, 0) is 36.0 Å². The van der Waals surface area contributed by atoms with Crippen molar-refractivity contribution in [2.75, 3.05) is 17.6 Å². The highest BCUT2D eigenvalue weighted by Crippen LogP contribution is 2.23. The molecule has 23 heavy (non-hydrogen) atoms. The van der Waals surface area contributed by atoms with Gasteiger partial charge >= 0.3 is 0 Å². The number of carbonyl (C=O) groups excluding carboxylic acids is 2. The minimum absolute atomic E-state index is 0.0351. The molecule has 0 bridgehead atoms. The van der Waals surface area contributed by atoms with E-state index in [2.05, 4.69) is 56.2 Å². The molecule has 0 fully saturated rings. The second-order valence-corrected chi connectivity index (χ2v) is 7.01. The molecule has 0 aromatic heterocycles. The fraction of sp³-hybridized carbons (Fsp3) is 0.556. The molecular weight excluding hydrogens is 308 g/mol. The summed E-state index contributed by atoms with van der Waals surface area (Å²) in [7, 11) is 0. The second kappa shape index (κ2) is 9.60. The van der Waals surface area contributed by atoms with E-state index in [1.807, 2.05) is 12.1 Å². The number of anilines is 1. The van der Waals surface area contributed by atoms with Gasteiger partial charge in [0.1, 0.15) is 0 Å². The molecule has 1 aromatic carbocycles. The third kappa shape index (κ3) is 8.07. The Balaban J connectivity index is 2.23. The van der Waals surface area contributed by atoms with Crippen LogP contribution in [0, 0.1) is 0 Å². The lowest BCUT2D eigenvalue weighted by molar-refractivity contribution is -0.118. The van der Waals surface area contributed by atoms with E-state index in [1.54, 1.807) is 0 Å². The van der Waals surface area contributed by atoms with Gasteiger partial charge in [-0.3, -0.25) is 9.59 Å². The van der Waals surface area contributed by atoms with Gasteiger partial charge in [-0.2, -0.15) is 12.6 Å². The Bertz CT molecular complexity index is 507. The summed E-state index contributed by atoms with van der Waals surface area (Å²) in [6, 6.07) is 8.01. The van der Waals surface area contributed by atoms with Gasteiger partial charge in [-0.25, -0.2) is 0 Å². The van der Waals surface area contributed by atoms with Crippen LogP contribution >= 0.6 is 12.6 Å². The van der Waals surface area contributed by atoms with Crippen molar-refractivity contribution in [1.82, 2.24) is 5.32 Å². The van der Waals surface area contributed by atoms with Crippen LogP contribution in [-0.4, -0.2) is 24.1 Å². The largest absolute Gasteiger partial charge is 0.355 e. The van der Waals surface area contributed by atoms with Crippen LogP contribution in [0.1, 0.15) is 52.0 Å². The molecule has 2 amide bonds. The third-order valence-corrected chi connectivity index (χ3v) is 3.87. The van der Waals surface area contributed by atoms with Crippen LogP contribution in [0.25, 0.3) is 0 Å². The third-order valence-electron chi connectivity index (χ3n) is 3.58. The smallest absolute Gasteiger partial charge is 0.229 e. The molecule has 1 aromatic rings. The summed E-state index contributed by atoms with van der Waals surface area (Å²) in [5, 5.41) is 5.68. The molecule has 0 heterocycles. The molecule has 4 nitrogen and oxygen atoms in total. The van der Waals surface area contributed by atoms with Crippen molar-refractivity contribution in [2.24, 2.45) is 0 Å². The number of amides is 2. The minimum Gasteiger partial charge on any atom is -0.355 e.